The lowest BCUT2D eigenvalue weighted by Crippen LogP contribution is -1.94. The van der Waals surface area contributed by atoms with E-state index in [2.05, 4.69) is 54.5 Å². The Hall–Kier alpha value is -3.44. The molecular weight excluding hydrogens is 324 g/mol. The van der Waals surface area contributed by atoms with Crippen LogP contribution in [0, 0.1) is 24.7 Å². The summed E-state index contributed by atoms with van der Waals surface area (Å²) in [5.74, 6) is 5.65. The van der Waals surface area contributed by atoms with Crippen LogP contribution in [0.5, 0.6) is 0 Å². The molecule has 0 nitrogen and oxygen atoms in total. The van der Waals surface area contributed by atoms with Crippen LogP contribution in [0.3, 0.4) is 0 Å². The van der Waals surface area contributed by atoms with E-state index in [-0.39, 0.29) is 1.43 Å². The summed E-state index contributed by atoms with van der Waals surface area (Å²) >= 11 is 0. The van der Waals surface area contributed by atoms with Crippen LogP contribution in [0.15, 0.2) is 66.4 Å². The van der Waals surface area contributed by atoms with Crippen LogP contribution in [0.1, 0.15) is 50.4 Å². The molecule has 2 bridgehead atoms. The van der Waals surface area contributed by atoms with Crippen molar-refractivity contribution >= 4 is 12.2 Å². The van der Waals surface area contributed by atoms with Crippen molar-refractivity contribution in [3.63, 3.8) is 0 Å². The minimum atomic E-state index is 0. The van der Waals surface area contributed by atoms with Gasteiger partial charge in [-0.25, -0.2) is 0 Å². The number of hydrogen-bond acceptors (Lipinski definition) is 0. The topological polar surface area (TPSA) is 0 Å². The zero-order valence-electron chi connectivity index (χ0n) is 16.0. The highest BCUT2D eigenvalue weighted by molar-refractivity contribution is 5.85. The summed E-state index contributed by atoms with van der Waals surface area (Å²) < 4.78 is 0. The molecule has 2 aromatic carbocycles. The van der Waals surface area contributed by atoms with Crippen LogP contribution in [0.4, 0.5) is 0 Å². The molecule has 2 aromatic rings. The molecule has 1 aliphatic carbocycles. The second kappa shape index (κ2) is 9.89. The van der Waals surface area contributed by atoms with Crippen molar-refractivity contribution in [2.45, 2.75) is 26.7 Å². The normalized spacial score (nSPS) is 14.4. The fourth-order valence-electron chi connectivity index (χ4n) is 3.06. The molecule has 0 aliphatic heterocycles. The van der Waals surface area contributed by atoms with Gasteiger partial charge in [-0.2, -0.15) is 0 Å². The van der Waals surface area contributed by atoms with Crippen molar-refractivity contribution in [2.24, 2.45) is 0 Å². The first-order valence-electron chi connectivity index (χ1n) is 9.21. The fraction of sp³-hybridized carbons (Fsp3) is 0.148. The van der Waals surface area contributed by atoms with Gasteiger partial charge in [0.25, 0.3) is 0 Å². The molecule has 0 atom stereocenters. The quantitative estimate of drug-likeness (QED) is 0.350. The monoisotopic (exact) mass is 350 g/mol. The number of fused-ring (bicyclic) bond motifs is 4. The molecule has 0 amide bonds. The summed E-state index contributed by atoms with van der Waals surface area (Å²) in [4.78, 5) is 0. The molecule has 0 N–H and O–H groups in total. The Bertz CT molecular complexity index is 1010. The maximum absolute atomic E-state index is 5.85. The Balaban J connectivity index is 0.00000127. The summed E-state index contributed by atoms with van der Waals surface area (Å²) in [7, 11) is 0. The minimum Gasteiger partial charge on any atom is -0.125 e. The van der Waals surface area contributed by atoms with Gasteiger partial charge < -0.3 is 0 Å². The highest BCUT2D eigenvalue weighted by Gasteiger charge is 2.12. The molecule has 0 saturated carbocycles. The van der Waals surface area contributed by atoms with Gasteiger partial charge in [-0.15, -0.1) is 18.6 Å². The van der Waals surface area contributed by atoms with E-state index in [1.807, 2.05) is 44.2 Å². The highest BCUT2D eigenvalue weighted by atomic mass is 14.1. The molecule has 0 heterocycles. The summed E-state index contributed by atoms with van der Waals surface area (Å²) in [5, 5.41) is 0. The van der Waals surface area contributed by atoms with Gasteiger partial charge in [0, 0.05) is 12.6 Å². The van der Waals surface area contributed by atoms with Crippen molar-refractivity contribution in [3.05, 3.63) is 88.7 Å². The van der Waals surface area contributed by atoms with Crippen molar-refractivity contribution < 1.29 is 1.43 Å². The molecule has 0 heteroatoms. The third-order valence-corrected chi connectivity index (χ3v) is 4.35. The van der Waals surface area contributed by atoms with E-state index in [1.54, 1.807) is 0 Å². The Labute approximate surface area is 165 Å². The van der Waals surface area contributed by atoms with Crippen LogP contribution >= 0.6 is 0 Å². The van der Waals surface area contributed by atoms with Gasteiger partial charge in [-0.1, -0.05) is 86.9 Å². The molecular formula is C27H26. The average Bonchev–Trinajstić information content (AvgIpc) is 2.73. The average molecular weight is 351 g/mol. The lowest BCUT2D eigenvalue weighted by molar-refractivity contribution is 1.02. The van der Waals surface area contributed by atoms with Crippen LogP contribution < -0.4 is 0 Å². The molecule has 0 aromatic heterocycles. The zero-order chi connectivity index (χ0) is 19.6. The maximum atomic E-state index is 5.85. The zero-order valence-corrected chi connectivity index (χ0v) is 16.0. The first-order valence-corrected chi connectivity index (χ1v) is 9.21. The third-order valence-electron chi connectivity index (χ3n) is 4.35. The molecule has 0 saturated heterocycles. The largest absolute Gasteiger partial charge is 0.125 e. The smallest absolute Gasteiger partial charge is 0.0393 e. The number of allylic oxidation sites excluding steroid dienone is 3. The van der Waals surface area contributed by atoms with Crippen LogP contribution in [0.25, 0.3) is 23.3 Å². The van der Waals surface area contributed by atoms with Gasteiger partial charge in [0.05, 0.1) is 0 Å². The molecule has 0 radical (unpaired) electrons. The van der Waals surface area contributed by atoms with Crippen LogP contribution in [-0.2, 0) is 0 Å². The summed E-state index contributed by atoms with van der Waals surface area (Å²) in [5.41, 5.74) is 9.92. The Kier molecular flexibility index (Phi) is 7.28. The van der Waals surface area contributed by atoms with Gasteiger partial charge >= 0.3 is 0 Å². The van der Waals surface area contributed by atoms with E-state index >= 15 is 0 Å². The van der Waals surface area contributed by atoms with Gasteiger partial charge in [0.1, 0.15) is 0 Å². The van der Waals surface area contributed by atoms with E-state index in [0.29, 0.717) is 0 Å². The Morgan fingerprint density at radius 2 is 1.67 bits per heavy atom. The number of hydrogen-bond donors (Lipinski definition) is 0. The van der Waals surface area contributed by atoms with Crippen molar-refractivity contribution in [1.82, 2.24) is 0 Å². The minimum absolute atomic E-state index is 0. The molecule has 0 unspecified atom stereocenters. The third kappa shape index (κ3) is 4.40. The van der Waals surface area contributed by atoms with Crippen molar-refractivity contribution in [2.75, 3.05) is 0 Å². The molecule has 27 heavy (non-hydrogen) atoms. The van der Waals surface area contributed by atoms with E-state index in [9.17, 15) is 0 Å². The maximum Gasteiger partial charge on any atom is 0.0393 e. The standard InChI is InChI=1S/C25H18.C2H6.H2/c1-4-19-11-7-8-12-21-14-10-15-24(22(21)6-3)25-16-9-13-20(5-2)23(25)18-17-19;1-2;/h2-3,8-10,12-18H,1,7,11H2;1-2H3;1H/b12-8-,18-17+;;. The predicted molar refractivity (Wildman–Crippen MR) is 121 cm³/mol. The fourth-order valence-corrected chi connectivity index (χ4v) is 3.06. The lowest BCUT2D eigenvalue weighted by atomic mass is 9.89. The molecule has 3 rings (SSSR count). The van der Waals surface area contributed by atoms with E-state index in [1.165, 1.54) is 0 Å². The van der Waals surface area contributed by atoms with Gasteiger partial charge in [0.15, 0.2) is 0 Å². The molecule has 0 fully saturated rings. The molecule has 134 valence electrons. The second-order valence-electron chi connectivity index (χ2n) is 5.80. The second-order valence-corrected chi connectivity index (χ2v) is 5.80. The Morgan fingerprint density at radius 1 is 0.926 bits per heavy atom. The highest BCUT2D eigenvalue weighted by Crippen LogP contribution is 2.32. The van der Waals surface area contributed by atoms with Crippen LogP contribution in [-0.4, -0.2) is 0 Å². The molecule has 1 aliphatic rings. The van der Waals surface area contributed by atoms with Crippen molar-refractivity contribution in [3.8, 4) is 35.8 Å². The predicted octanol–water partition coefficient (Wildman–Crippen LogP) is 7.12. The number of benzene rings is 2. The van der Waals surface area contributed by atoms with Gasteiger partial charge in [0.2, 0.25) is 0 Å². The molecule has 0 spiro atoms. The Morgan fingerprint density at radius 3 is 2.37 bits per heavy atom. The first-order chi connectivity index (χ1) is 13.3. The van der Waals surface area contributed by atoms with Crippen molar-refractivity contribution in [1.29, 1.82) is 0 Å². The van der Waals surface area contributed by atoms with Gasteiger partial charge in [-0.05, 0) is 46.7 Å². The summed E-state index contributed by atoms with van der Waals surface area (Å²) in [6.45, 7) is 7.80. The summed E-state index contributed by atoms with van der Waals surface area (Å²) in [6, 6.07) is 12.1. The lowest BCUT2D eigenvalue weighted by Gasteiger charge is -2.13. The van der Waals surface area contributed by atoms with Gasteiger partial charge in [-0.3, -0.25) is 0 Å². The van der Waals surface area contributed by atoms with E-state index in [0.717, 1.165) is 51.8 Å². The summed E-state index contributed by atoms with van der Waals surface area (Å²) in [6.07, 6.45) is 21.7. The number of rotatable bonds is 0. The SMILES string of the molecule is C#Cc1cccc2c1/C=C/C(=C=C)CC/C=C\c1cccc-2c1C#C.CC.[HH]. The first kappa shape index (κ1) is 19.9. The van der Waals surface area contributed by atoms with E-state index in [4.69, 9.17) is 12.8 Å². The van der Waals surface area contributed by atoms with E-state index < -0.39 is 0 Å². The van der Waals surface area contributed by atoms with Crippen LogP contribution in [0.2, 0.25) is 0 Å². The number of terminal acetylenes is 2.